The summed E-state index contributed by atoms with van der Waals surface area (Å²) in [4.78, 5) is 12.5. The summed E-state index contributed by atoms with van der Waals surface area (Å²) in [6.45, 7) is 4.61. The molecule has 1 aromatic carbocycles. The zero-order chi connectivity index (χ0) is 19.6. The van der Waals surface area contributed by atoms with Crippen molar-refractivity contribution in [2.24, 2.45) is 5.92 Å². The molecule has 0 aromatic heterocycles. The molecule has 2 unspecified atom stereocenters. The largest absolute Gasteiger partial charge is 0.493 e. The van der Waals surface area contributed by atoms with Crippen LogP contribution in [0.25, 0.3) is 0 Å². The average Bonchev–Trinajstić information content (AvgIpc) is 3.01. The van der Waals surface area contributed by atoms with Crippen LogP contribution in [-0.2, 0) is 20.8 Å². The maximum absolute atomic E-state index is 12.5. The SMILES string of the molecule is C=C1C(OC)=C(OC)C=C2NC(=O)C(NCc3ccc(OC)c(OC)c3)C12. The van der Waals surface area contributed by atoms with Gasteiger partial charge in [0.05, 0.1) is 40.4 Å². The predicted octanol–water partition coefficient (Wildman–Crippen LogP) is 1.87. The van der Waals surface area contributed by atoms with Gasteiger partial charge in [0.1, 0.15) is 0 Å². The Morgan fingerprint density at radius 1 is 1.07 bits per heavy atom. The Kier molecular flexibility index (Phi) is 5.41. The second-order valence-electron chi connectivity index (χ2n) is 6.24. The molecule has 1 amide bonds. The van der Waals surface area contributed by atoms with Crippen LogP contribution in [0.4, 0.5) is 0 Å². The Balaban J connectivity index is 1.79. The summed E-state index contributed by atoms with van der Waals surface area (Å²) in [7, 11) is 6.31. The van der Waals surface area contributed by atoms with E-state index in [9.17, 15) is 4.79 Å². The number of amides is 1. The number of methoxy groups -OCH3 is 4. The van der Waals surface area contributed by atoms with Crippen molar-refractivity contribution in [3.05, 3.63) is 59.2 Å². The Morgan fingerprint density at radius 2 is 1.81 bits per heavy atom. The van der Waals surface area contributed by atoms with Gasteiger partial charge >= 0.3 is 0 Å². The molecule has 27 heavy (non-hydrogen) atoms. The monoisotopic (exact) mass is 372 g/mol. The van der Waals surface area contributed by atoms with E-state index in [1.807, 2.05) is 18.2 Å². The normalized spacial score (nSPS) is 21.4. The van der Waals surface area contributed by atoms with E-state index in [1.165, 1.54) is 0 Å². The molecule has 0 bridgehead atoms. The lowest BCUT2D eigenvalue weighted by Gasteiger charge is -2.26. The molecule has 1 saturated heterocycles. The summed E-state index contributed by atoms with van der Waals surface area (Å²) < 4.78 is 21.4. The number of hydrogen-bond acceptors (Lipinski definition) is 6. The zero-order valence-corrected chi connectivity index (χ0v) is 15.9. The van der Waals surface area contributed by atoms with Crippen molar-refractivity contribution >= 4 is 5.91 Å². The molecule has 1 fully saturated rings. The third-order valence-corrected chi connectivity index (χ3v) is 4.79. The number of nitrogens with one attached hydrogen (secondary N) is 2. The van der Waals surface area contributed by atoms with Gasteiger partial charge in [-0.15, -0.1) is 0 Å². The lowest BCUT2D eigenvalue weighted by atomic mass is 9.87. The van der Waals surface area contributed by atoms with Gasteiger partial charge in [-0.05, 0) is 17.7 Å². The summed E-state index contributed by atoms with van der Waals surface area (Å²) in [5.41, 5.74) is 2.43. The molecule has 0 saturated carbocycles. The van der Waals surface area contributed by atoms with Crippen LogP contribution in [0.3, 0.4) is 0 Å². The van der Waals surface area contributed by atoms with E-state index in [2.05, 4.69) is 17.2 Å². The first-order chi connectivity index (χ1) is 13.0. The molecule has 2 N–H and O–H groups in total. The van der Waals surface area contributed by atoms with E-state index in [1.54, 1.807) is 34.5 Å². The molecule has 7 heteroatoms. The van der Waals surface area contributed by atoms with E-state index in [4.69, 9.17) is 18.9 Å². The summed E-state index contributed by atoms with van der Waals surface area (Å²) in [6, 6.07) is 5.19. The van der Waals surface area contributed by atoms with Crippen LogP contribution in [0, 0.1) is 5.92 Å². The number of rotatable bonds is 7. The molecule has 1 heterocycles. The lowest BCUT2D eigenvalue weighted by molar-refractivity contribution is -0.121. The fraction of sp³-hybridized carbons (Fsp3) is 0.350. The van der Waals surface area contributed by atoms with Crippen molar-refractivity contribution in [2.45, 2.75) is 12.6 Å². The quantitative estimate of drug-likeness (QED) is 0.761. The molecule has 7 nitrogen and oxygen atoms in total. The highest BCUT2D eigenvalue weighted by Gasteiger charge is 2.44. The highest BCUT2D eigenvalue weighted by molar-refractivity contribution is 5.89. The van der Waals surface area contributed by atoms with Gasteiger partial charge in [-0.3, -0.25) is 4.79 Å². The first-order valence-electron chi connectivity index (χ1n) is 8.52. The van der Waals surface area contributed by atoms with Crippen LogP contribution in [0.15, 0.2) is 53.6 Å². The van der Waals surface area contributed by atoms with Crippen molar-refractivity contribution in [1.82, 2.24) is 10.6 Å². The fourth-order valence-corrected chi connectivity index (χ4v) is 3.46. The zero-order valence-electron chi connectivity index (χ0n) is 15.9. The van der Waals surface area contributed by atoms with Crippen LogP contribution in [0.1, 0.15) is 5.56 Å². The van der Waals surface area contributed by atoms with Crippen molar-refractivity contribution < 1.29 is 23.7 Å². The van der Waals surface area contributed by atoms with Crippen LogP contribution in [0.5, 0.6) is 11.5 Å². The van der Waals surface area contributed by atoms with Crippen LogP contribution in [0.2, 0.25) is 0 Å². The van der Waals surface area contributed by atoms with E-state index >= 15 is 0 Å². The molecule has 1 aromatic rings. The van der Waals surface area contributed by atoms with Gasteiger partial charge in [0.15, 0.2) is 23.0 Å². The number of ether oxygens (including phenoxy) is 4. The average molecular weight is 372 g/mol. The predicted molar refractivity (Wildman–Crippen MR) is 100 cm³/mol. The van der Waals surface area contributed by atoms with Gasteiger partial charge in [0, 0.05) is 23.9 Å². The summed E-state index contributed by atoms with van der Waals surface area (Å²) >= 11 is 0. The molecule has 0 spiro atoms. The molecule has 1 aliphatic heterocycles. The smallest absolute Gasteiger partial charge is 0.242 e. The van der Waals surface area contributed by atoms with Crippen LogP contribution in [-0.4, -0.2) is 40.4 Å². The standard InChI is InChI=1S/C20H24N2O5/c1-11-17-13(9-16(26-4)19(11)27-5)22-20(23)18(17)21-10-12-6-7-14(24-2)15(8-12)25-3/h6-9,17-18,21H,1,10H2,2-5H3,(H,22,23). The molecular formula is C20H24N2O5. The number of allylic oxidation sites excluding steroid dienone is 2. The van der Waals surface area contributed by atoms with Gasteiger partial charge in [-0.2, -0.15) is 0 Å². The van der Waals surface area contributed by atoms with E-state index in [0.717, 1.165) is 11.3 Å². The minimum atomic E-state index is -0.458. The minimum absolute atomic E-state index is 0.110. The molecule has 2 aliphatic rings. The summed E-state index contributed by atoms with van der Waals surface area (Å²) in [5.74, 6) is 2.07. The van der Waals surface area contributed by atoms with Gasteiger partial charge in [0.25, 0.3) is 0 Å². The van der Waals surface area contributed by atoms with Crippen molar-refractivity contribution in [3.8, 4) is 11.5 Å². The molecule has 0 radical (unpaired) electrons. The van der Waals surface area contributed by atoms with E-state index in [0.29, 0.717) is 35.1 Å². The lowest BCUT2D eigenvalue weighted by Crippen LogP contribution is -2.40. The summed E-state index contributed by atoms with van der Waals surface area (Å²) in [5, 5.41) is 6.22. The Morgan fingerprint density at radius 3 is 2.44 bits per heavy atom. The second-order valence-corrected chi connectivity index (χ2v) is 6.24. The summed E-state index contributed by atoms with van der Waals surface area (Å²) in [6.07, 6.45) is 1.79. The van der Waals surface area contributed by atoms with Crippen molar-refractivity contribution in [1.29, 1.82) is 0 Å². The topological polar surface area (TPSA) is 78.1 Å². The Hall–Kier alpha value is -2.93. The Bertz CT molecular complexity index is 828. The van der Waals surface area contributed by atoms with Gasteiger partial charge in [0.2, 0.25) is 5.91 Å². The van der Waals surface area contributed by atoms with Crippen LogP contribution >= 0.6 is 0 Å². The maximum atomic E-state index is 12.5. The van der Waals surface area contributed by atoms with E-state index < -0.39 is 6.04 Å². The molecule has 2 atom stereocenters. The second kappa shape index (κ2) is 7.75. The highest BCUT2D eigenvalue weighted by Crippen LogP contribution is 2.38. The van der Waals surface area contributed by atoms with Gasteiger partial charge in [-0.1, -0.05) is 12.6 Å². The number of carbonyl (C=O) groups is 1. The fourth-order valence-electron chi connectivity index (χ4n) is 3.46. The molecule has 144 valence electrons. The third kappa shape index (κ3) is 3.38. The molecular weight excluding hydrogens is 348 g/mol. The number of carbonyl (C=O) groups excluding carboxylic acids is 1. The van der Waals surface area contributed by atoms with Crippen LogP contribution < -0.4 is 20.1 Å². The first-order valence-corrected chi connectivity index (χ1v) is 8.52. The van der Waals surface area contributed by atoms with Gasteiger partial charge < -0.3 is 29.6 Å². The van der Waals surface area contributed by atoms with Gasteiger partial charge in [-0.25, -0.2) is 0 Å². The minimum Gasteiger partial charge on any atom is -0.493 e. The van der Waals surface area contributed by atoms with Crippen molar-refractivity contribution in [3.63, 3.8) is 0 Å². The number of hydrogen-bond donors (Lipinski definition) is 2. The highest BCUT2D eigenvalue weighted by atomic mass is 16.5. The maximum Gasteiger partial charge on any atom is 0.242 e. The first kappa shape index (κ1) is 18.8. The third-order valence-electron chi connectivity index (χ3n) is 4.79. The molecule has 3 rings (SSSR count). The number of fused-ring (bicyclic) bond motifs is 1. The molecule has 1 aliphatic carbocycles. The van der Waals surface area contributed by atoms with Crippen molar-refractivity contribution in [2.75, 3.05) is 28.4 Å². The number of benzene rings is 1. The van der Waals surface area contributed by atoms with E-state index in [-0.39, 0.29) is 11.8 Å². The Labute approximate surface area is 158 Å².